The summed E-state index contributed by atoms with van der Waals surface area (Å²) in [5.41, 5.74) is 0.895. The summed E-state index contributed by atoms with van der Waals surface area (Å²) >= 11 is 0. The molecule has 0 fully saturated rings. The Morgan fingerprint density at radius 3 is 2.93 bits per heavy atom. The first kappa shape index (κ1) is 8.62. The molecule has 0 saturated carbocycles. The fourth-order valence-corrected chi connectivity index (χ4v) is 1.40. The number of H-pyrrole nitrogens is 1. The van der Waals surface area contributed by atoms with E-state index in [-0.39, 0.29) is 5.56 Å². The monoisotopic (exact) mass is 190 g/mol. The molecule has 0 aliphatic heterocycles. The fourth-order valence-electron chi connectivity index (χ4n) is 1.40. The van der Waals surface area contributed by atoms with E-state index >= 15 is 0 Å². The first-order valence-electron chi connectivity index (χ1n) is 4.09. The molecular formula is C10H8NO3-. The first-order chi connectivity index (χ1) is 6.72. The third-order valence-corrected chi connectivity index (χ3v) is 2.11. The topological polar surface area (TPSA) is 65.2 Å². The number of aromatic nitrogens is 1. The number of hydrogen-bond acceptors (Lipinski definition) is 3. The summed E-state index contributed by atoms with van der Waals surface area (Å²) in [5, 5.41) is 11.3. The van der Waals surface area contributed by atoms with Crippen LogP contribution in [0.3, 0.4) is 0 Å². The number of carboxylic acids is 1. The van der Waals surface area contributed by atoms with Gasteiger partial charge in [0, 0.05) is 28.7 Å². The quantitative estimate of drug-likeness (QED) is 0.751. The first-order valence-corrected chi connectivity index (χ1v) is 4.09. The molecule has 2 rings (SSSR count). The highest BCUT2D eigenvalue weighted by atomic mass is 16.5. The zero-order valence-electron chi connectivity index (χ0n) is 7.53. The Bertz CT molecular complexity index is 487. The van der Waals surface area contributed by atoms with Gasteiger partial charge in [-0.3, -0.25) is 0 Å². The normalized spacial score (nSPS) is 10.4. The number of carbonyl (C=O) groups is 1. The molecule has 4 heteroatoms. The molecule has 2 aromatic rings. The average Bonchev–Trinajstić information content (AvgIpc) is 2.59. The summed E-state index contributed by atoms with van der Waals surface area (Å²) < 4.78 is 5.01. The zero-order chi connectivity index (χ0) is 10.1. The predicted octanol–water partition coefficient (Wildman–Crippen LogP) is 0.540. The van der Waals surface area contributed by atoms with Crippen molar-refractivity contribution in [2.75, 3.05) is 7.11 Å². The maximum atomic E-state index is 10.7. The van der Waals surface area contributed by atoms with Crippen LogP contribution in [0.2, 0.25) is 0 Å². The van der Waals surface area contributed by atoms with Gasteiger partial charge in [-0.25, -0.2) is 0 Å². The Morgan fingerprint density at radius 2 is 2.29 bits per heavy atom. The minimum Gasteiger partial charge on any atom is -0.545 e. The van der Waals surface area contributed by atoms with Crippen molar-refractivity contribution >= 4 is 16.9 Å². The van der Waals surface area contributed by atoms with Crippen molar-refractivity contribution in [2.45, 2.75) is 0 Å². The minimum atomic E-state index is -1.18. The van der Waals surface area contributed by atoms with Gasteiger partial charge in [-0.05, 0) is 12.1 Å². The van der Waals surface area contributed by atoms with Crippen molar-refractivity contribution in [1.82, 2.24) is 4.98 Å². The summed E-state index contributed by atoms with van der Waals surface area (Å²) in [6.45, 7) is 0. The average molecular weight is 190 g/mol. The predicted molar refractivity (Wildman–Crippen MR) is 49.2 cm³/mol. The molecular weight excluding hydrogens is 182 g/mol. The van der Waals surface area contributed by atoms with E-state index in [2.05, 4.69) is 4.98 Å². The number of aromatic carboxylic acids is 1. The van der Waals surface area contributed by atoms with Crippen molar-refractivity contribution in [3.05, 3.63) is 30.0 Å². The molecule has 0 bridgehead atoms. The van der Waals surface area contributed by atoms with Crippen molar-refractivity contribution < 1.29 is 14.6 Å². The lowest BCUT2D eigenvalue weighted by Gasteiger charge is -2.01. The molecule has 0 radical (unpaired) electrons. The molecule has 0 unspecified atom stereocenters. The molecule has 72 valence electrons. The molecule has 0 spiro atoms. The van der Waals surface area contributed by atoms with Crippen LogP contribution in [0.1, 0.15) is 10.4 Å². The lowest BCUT2D eigenvalue weighted by Crippen LogP contribution is -2.21. The molecule has 0 atom stereocenters. The summed E-state index contributed by atoms with van der Waals surface area (Å²) in [7, 11) is 1.56. The zero-order valence-corrected chi connectivity index (χ0v) is 7.53. The second-order valence-corrected chi connectivity index (χ2v) is 2.90. The van der Waals surface area contributed by atoms with Crippen LogP contribution in [-0.4, -0.2) is 18.1 Å². The summed E-state index contributed by atoms with van der Waals surface area (Å²) in [6.07, 6.45) is 1.42. The number of carbonyl (C=O) groups excluding carboxylic acids is 1. The molecule has 0 saturated heterocycles. The lowest BCUT2D eigenvalue weighted by atomic mass is 10.2. The smallest absolute Gasteiger partial charge is 0.120 e. The SMILES string of the molecule is COc1ccc2c(C(=O)[O-])c[nH]c2c1. The number of benzene rings is 1. The molecule has 0 aliphatic carbocycles. The van der Waals surface area contributed by atoms with E-state index in [1.54, 1.807) is 25.3 Å². The molecule has 1 aromatic carbocycles. The molecule has 4 nitrogen and oxygen atoms in total. The van der Waals surface area contributed by atoms with Crippen LogP contribution in [0.4, 0.5) is 0 Å². The van der Waals surface area contributed by atoms with Crippen molar-refractivity contribution in [3.63, 3.8) is 0 Å². The Morgan fingerprint density at radius 1 is 1.50 bits per heavy atom. The van der Waals surface area contributed by atoms with E-state index in [9.17, 15) is 9.90 Å². The van der Waals surface area contributed by atoms with Gasteiger partial charge in [0.05, 0.1) is 13.1 Å². The van der Waals surface area contributed by atoms with Gasteiger partial charge >= 0.3 is 0 Å². The van der Waals surface area contributed by atoms with Gasteiger partial charge in [-0.15, -0.1) is 0 Å². The maximum Gasteiger partial charge on any atom is 0.120 e. The van der Waals surface area contributed by atoms with Gasteiger partial charge in [0.15, 0.2) is 0 Å². The third-order valence-electron chi connectivity index (χ3n) is 2.11. The molecule has 1 N–H and O–H groups in total. The van der Waals surface area contributed by atoms with Crippen LogP contribution in [0.15, 0.2) is 24.4 Å². The highest BCUT2D eigenvalue weighted by Crippen LogP contribution is 2.22. The number of methoxy groups -OCH3 is 1. The number of hydrogen-bond donors (Lipinski definition) is 1. The van der Waals surface area contributed by atoms with Crippen LogP contribution in [-0.2, 0) is 0 Å². The molecule has 14 heavy (non-hydrogen) atoms. The third kappa shape index (κ3) is 1.21. The maximum absolute atomic E-state index is 10.7. The van der Waals surface area contributed by atoms with Gasteiger partial charge in [-0.1, -0.05) is 0 Å². The summed E-state index contributed by atoms with van der Waals surface area (Å²) in [4.78, 5) is 13.5. The van der Waals surface area contributed by atoms with Crippen LogP contribution >= 0.6 is 0 Å². The Balaban J connectivity index is 2.65. The standard InChI is InChI=1S/C10H9NO3/c1-14-6-2-3-7-8(10(12)13)5-11-9(7)4-6/h2-5,11H,1H3,(H,12,13)/p-1. The van der Waals surface area contributed by atoms with E-state index in [0.29, 0.717) is 11.1 Å². The van der Waals surface area contributed by atoms with Gasteiger partial charge in [0.25, 0.3) is 0 Å². The number of rotatable bonds is 2. The van der Waals surface area contributed by atoms with Gasteiger partial charge in [-0.2, -0.15) is 0 Å². The molecule has 1 heterocycles. The van der Waals surface area contributed by atoms with Crippen LogP contribution in [0.5, 0.6) is 5.75 Å². The summed E-state index contributed by atoms with van der Waals surface area (Å²) in [5.74, 6) is -0.495. The van der Waals surface area contributed by atoms with Crippen LogP contribution in [0.25, 0.3) is 10.9 Å². The van der Waals surface area contributed by atoms with Crippen molar-refractivity contribution in [3.8, 4) is 5.75 Å². The minimum absolute atomic E-state index is 0.169. The number of nitrogens with one attached hydrogen (secondary N) is 1. The Kier molecular flexibility index (Phi) is 1.89. The van der Waals surface area contributed by atoms with Gasteiger partial charge in [0.1, 0.15) is 5.75 Å². The summed E-state index contributed by atoms with van der Waals surface area (Å²) in [6, 6.07) is 5.14. The van der Waals surface area contributed by atoms with Gasteiger partial charge in [0.2, 0.25) is 0 Å². The highest BCUT2D eigenvalue weighted by Gasteiger charge is 2.04. The lowest BCUT2D eigenvalue weighted by molar-refractivity contribution is -0.254. The van der Waals surface area contributed by atoms with E-state index in [1.807, 2.05) is 0 Å². The van der Waals surface area contributed by atoms with E-state index in [1.165, 1.54) is 6.20 Å². The second kappa shape index (κ2) is 3.06. The van der Waals surface area contributed by atoms with E-state index in [0.717, 1.165) is 5.52 Å². The van der Waals surface area contributed by atoms with E-state index < -0.39 is 5.97 Å². The largest absolute Gasteiger partial charge is 0.545 e. The number of carboxylic acid groups (broad SMARTS) is 1. The van der Waals surface area contributed by atoms with Crippen LogP contribution in [0, 0.1) is 0 Å². The fraction of sp³-hybridized carbons (Fsp3) is 0.100. The van der Waals surface area contributed by atoms with E-state index in [4.69, 9.17) is 4.74 Å². The highest BCUT2D eigenvalue weighted by molar-refractivity contribution is 6.02. The van der Waals surface area contributed by atoms with Gasteiger partial charge < -0.3 is 19.6 Å². The number of ether oxygens (including phenoxy) is 1. The number of fused-ring (bicyclic) bond motifs is 1. The number of aromatic amines is 1. The van der Waals surface area contributed by atoms with Crippen LogP contribution < -0.4 is 9.84 Å². The van der Waals surface area contributed by atoms with Crippen molar-refractivity contribution in [2.24, 2.45) is 0 Å². The Hall–Kier alpha value is -1.97. The second-order valence-electron chi connectivity index (χ2n) is 2.90. The molecule has 0 amide bonds. The Labute approximate surface area is 80.1 Å². The van der Waals surface area contributed by atoms with Crippen molar-refractivity contribution in [1.29, 1.82) is 0 Å². The molecule has 1 aromatic heterocycles. The molecule has 0 aliphatic rings.